The van der Waals surface area contributed by atoms with Crippen LogP contribution in [0.3, 0.4) is 0 Å². The summed E-state index contributed by atoms with van der Waals surface area (Å²) in [6, 6.07) is 14.7. The fraction of sp³-hybridized carbons (Fsp3) is 0.575. The Morgan fingerprint density at radius 3 is 1.98 bits per heavy atom. The van der Waals surface area contributed by atoms with Crippen LogP contribution in [-0.4, -0.2) is 96.1 Å². The van der Waals surface area contributed by atoms with Crippen LogP contribution in [0.25, 0.3) is 28.2 Å². The van der Waals surface area contributed by atoms with Gasteiger partial charge in [0.05, 0.1) is 6.20 Å². The number of benzene rings is 1. The van der Waals surface area contributed by atoms with E-state index in [1.807, 2.05) is 54.6 Å². The molecular weight excluding hydrogens is 699 g/mol. The summed E-state index contributed by atoms with van der Waals surface area (Å²) in [7, 11) is -2.55. The third-order valence-corrected chi connectivity index (χ3v) is 13.5. The number of amides is 1. The lowest BCUT2D eigenvalue weighted by atomic mass is 9.88. The number of anilines is 1. The molecule has 0 spiro atoms. The fourth-order valence-electron chi connectivity index (χ4n) is 7.16. The van der Waals surface area contributed by atoms with Gasteiger partial charge in [0.15, 0.2) is 11.5 Å². The second-order valence-electron chi connectivity index (χ2n) is 18.2. The molecule has 0 aliphatic carbocycles. The van der Waals surface area contributed by atoms with Crippen molar-refractivity contribution in [1.29, 1.82) is 0 Å². The van der Waals surface area contributed by atoms with E-state index in [1.54, 1.807) is 12.4 Å². The molecule has 13 heteroatoms. The average molecular weight is 758 g/mol. The Kier molecular flexibility index (Phi) is 11.8. The molecule has 2 fully saturated rings. The predicted octanol–water partition coefficient (Wildman–Crippen LogP) is 8.93. The molecule has 3 aromatic heterocycles. The number of hydrogen-bond acceptors (Lipinski definition) is 9. The van der Waals surface area contributed by atoms with Crippen LogP contribution in [0.15, 0.2) is 55.0 Å². The van der Waals surface area contributed by atoms with Gasteiger partial charge in [-0.25, -0.2) is 19.7 Å². The summed E-state index contributed by atoms with van der Waals surface area (Å²) < 4.78 is 20.6. The minimum Gasteiger partial charge on any atom is -0.444 e. The summed E-state index contributed by atoms with van der Waals surface area (Å²) in [5, 5.41) is 4.95. The first-order chi connectivity index (χ1) is 25.0. The van der Waals surface area contributed by atoms with Crippen molar-refractivity contribution >= 4 is 33.7 Å². The van der Waals surface area contributed by atoms with Gasteiger partial charge in [0.1, 0.15) is 24.9 Å². The van der Waals surface area contributed by atoms with Crippen molar-refractivity contribution in [3.63, 3.8) is 0 Å². The van der Waals surface area contributed by atoms with Crippen LogP contribution in [0.5, 0.6) is 0 Å². The molecule has 53 heavy (non-hydrogen) atoms. The maximum atomic E-state index is 13.3. The van der Waals surface area contributed by atoms with Gasteiger partial charge in [0, 0.05) is 82.6 Å². The van der Waals surface area contributed by atoms with Crippen LogP contribution in [0.1, 0.15) is 58.1 Å². The molecule has 11 nitrogen and oxygen atoms in total. The number of rotatable bonds is 14. The number of aromatic nitrogens is 5. The molecule has 4 aromatic rings. The lowest BCUT2D eigenvalue weighted by molar-refractivity contribution is 0.00569. The molecule has 5 heterocycles. The first-order valence-electron chi connectivity index (χ1n) is 19.2. The summed E-state index contributed by atoms with van der Waals surface area (Å²) in [4.78, 5) is 31.7. The number of piperidine rings is 1. The van der Waals surface area contributed by atoms with E-state index in [4.69, 9.17) is 24.3 Å². The number of carbonyl (C=O) groups is 1. The molecular formula is C40H59N7O4Si2. The van der Waals surface area contributed by atoms with E-state index >= 15 is 0 Å². The van der Waals surface area contributed by atoms with Crippen LogP contribution in [0, 0.1) is 0 Å². The van der Waals surface area contributed by atoms with E-state index in [0.717, 1.165) is 71.6 Å². The van der Waals surface area contributed by atoms with E-state index in [-0.39, 0.29) is 24.1 Å². The summed E-state index contributed by atoms with van der Waals surface area (Å²) in [5.41, 5.74) is 4.18. The summed E-state index contributed by atoms with van der Waals surface area (Å²) >= 11 is 0. The minimum atomic E-state index is -1.27. The van der Waals surface area contributed by atoms with Crippen molar-refractivity contribution in [2.45, 2.75) is 121 Å². The zero-order valence-corrected chi connectivity index (χ0v) is 35.3. The van der Waals surface area contributed by atoms with Crippen molar-refractivity contribution in [3.05, 3.63) is 60.7 Å². The van der Waals surface area contributed by atoms with Gasteiger partial charge in [-0.05, 0) is 70.2 Å². The molecule has 2 aliphatic rings. The second kappa shape index (κ2) is 16.0. The quantitative estimate of drug-likeness (QED) is 0.0708. The Morgan fingerprint density at radius 2 is 1.43 bits per heavy atom. The van der Waals surface area contributed by atoms with Gasteiger partial charge in [0.25, 0.3) is 0 Å². The Labute approximate surface area is 317 Å². The van der Waals surface area contributed by atoms with Crippen molar-refractivity contribution < 1.29 is 19.0 Å². The summed E-state index contributed by atoms with van der Waals surface area (Å²) in [5.74, 6) is 1.76. The van der Waals surface area contributed by atoms with E-state index in [2.05, 4.69) is 72.3 Å². The zero-order chi connectivity index (χ0) is 38.0. The highest BCUT2D eigenvalue weighted by Gasteiger charge is 2.45. The lowest BCUT2D eigenvalue weighted by Crippen LogP contribution is -2.48. The normalized spacial score (nSPS) is 19.2. The SMILES string of the molecule is CC(C)(C)OC(=O)N1C2CC[C@@H]1CC(c1cc(N(COCC[Si](C)(C)C)COCC[Si](C)(C)C)n3ncc(-c4ccc(-c5ncccn5)cc4)c3n1)C2. The van der Waals surface area contributed by atoms with E-state index < -0.39 is 21.7 Å². The smallest absolute Gasteiger partial charge is 0.410 e. The molecule has 2 saturated heterocycles. The molecule has 0 N–H and O–H groups in total. The van der Waals surface area contributed by atoms with Crippen molar-refractivity contribution in [2.24, 2.45) is 0 Å². The summed E-state index contributed by atoms with van der Waals surface area (Å²) in [6.07, 6.45) is 8.86. The molecule has 1 aromatic carbocycles. The van der Waals surface area contributed by atoms with Crippen molar-refractivity contribution in [2.75, 3.05) is 31.6 Å². The van der Waals surface area contributed by atoms with E-state index in [9.17, 15) is 4.79 Å². The van der Waals surface area contributed by atoms with Crippen LogP contribution in [0.4, 0.5) is 10.6 Å². The average Bonchev–Trinajstić information content (AvgIpc) is 3.63. The first kappa shape index (κ1) is 39.0. The van der Waals surface area contributed by atoms with Crippen LogP contribution in [0.2, 0.25) is 51.4 Å². The van der Waals surface area contributed by atoms with Gasteiger partial charge in [-0.3, -0.25) is 0 Å². The molecule has 3 atom stereocenters. The Morgan fingerprint density at radius 1 is 0.868 bits per heavy atom. The molecule has 286 valence electrons. The monoisotopic (exact) mass is 757 g/mol. The Balaban J connectivity index is 1.36. The minimum absolute atomic E-state index is 0.123. The van der Waals surface area contributed by atoms with E-state index in [0.29, 0.717) is 32.5 Å². The number of hydrogen-bond donors (Lipinski definition) is 0. The molecule has 2 unspecified atom stereocenters. The van der Waals surface area contributed by atoms with Crippen LogP contribution < -0.4 is 4.90 Å². The highest BCUT2D eigenvalue weighted by atomic mass is 28.3. The highest BCUT2D eigenvalue weighted by molar-refractivity contribution is 6.76. The van der Waals surface area contributed by atoms with Gasteiger partial charge in [-0.15, -0.1) is 0 Å². The number of ether oxygens (including phenoxy) is 3. The topological polar surface area (TPSA) is 107 Å². The standard InChI is InChI=1S/C40H59N7O4Si2/c1-40(2,3)51-39(48)46-32-15-16-33(46)24-31(23-32)35-25-36(45(27-49-19-21-52(4,5)6)28-50-20-22-53(7,8)9)47-38(44-35)34(26-43-47)29-11-13-30(14-12-29)37-41-17-10-18-42-37/h10-14,17-18,25-26,31-33H,15-16,19-24,27-28H2,1-9H3/t31?,32-,33?/m1/s1. The number of fused-ring (bicyclic) bond motifs is 3. The van der Waals surface area contributed by atoms with Gasteiger partial charge < -0.3 is 24.0 Å². The lowest BCUT2D eigenvalue weighted by Gasteiger charge is -2.39. The largest absolute Gasteiger partial charge is 0.444 e. The zero-order valence-electron chi connectivity index (χ0n) is 33.3. The number of carbonyl (C=O) groups excluding carboxylic acids is 1. The van der Waals surface area contributed by atoms with Gasteiger partial charge in [-0.1, -0.05) is 63.5 Å². The third kappa shape index (κ3) is 10.1. The maximum absolute atomic E-state index is 13.3. The van der Waals surface area contributed by atoms with Crippen molar-refractivity contribution in [3.8, 4) is 22.5 Å². The first-order valence-corrected chi connectivity index (χ1v) is 26.6. The fourth-order valence-corrected chi connectivity index (χ4v) is 8.67. The summed E-state index contributed by atoms with van der Waals surface area (Å²) in [6.45, 7) is 22.2. The van der Waals surface area contributed by atoms with Gasteiger partial charge in [0.2, 0.25) is 0 Å². The Bertz CT molecular complexity index is 1800. The molecule has 6 rings (SSSR count). The van der Waals surface area contributed by atoms with Crippen LogP contribution in [-0.2, 0) is 14.2 Å². The number of nitrogens with zero attached hydrogens (tertiary/aromatic N) is 7. The second-order valence-corrected chi connectivity index (χ2v) is 29.4. The highest BCUT2D eigenvalue weighted by Crippen LogP contribution is 2.44. The molecule has 1 amide bonds. The van der Waals surface area contributed by atoms with Gasteiger partial charge in [-0.2, -0.15) is 9.61 Å². The molecule has 0 radical (unpaired) electrons. The predicted molar refractivity (Wildman–Crippen MR) is 217 cm³/mol. The van der Waals surface area contributed by atoms with Crippen molar-refractivity contribution in [1.82, 2.24) is 29.5 Å². The Hall–Kier alpha value is -3.66. The molecule has 2 aliphatic heterocycles. The maximum Gasteiger partial charge on any atom is 0.410 e. The molecule has 2 bridgehead atoms. The molecule has 0 saturated carbocycles. The third-order valence-electron chi connectivity index (χ3n) is 10.1. The van der Waals surface area contributed by atoms with Crippen LogP contribution >= 0.6 is 0 Å². The van der Waals surface area contributed by atoms with Gasteiger partial charge >= 0.3 is 6.09 Å². The van der Waals surface area contributed by atoms with E-state index in [1.165, 1.54) is 0 Å².